The summed E-state index contributed by atoms with van der Waals surface area (Å²) in [6.07, 6.45) is 4.60. The Morgan fingerprint density at radius 3 is 2.47 bits per heavy atom. The van der Waals surface area contributed by atoms with Gasteiger partial charge in [0, 0.05) is 0 Å². The van der Waals surface area contributed by atoms with Crippen molar-refractivity contribution in [2.75, 3.05) is 6.54 Å². The largest absolute Gasteiger partial charge is 0.525 e. The molecule has 0 aromatic heterocycles. The standard InChI is InChI=1S/C10H10F3NO4S/c11-10(12,13)19(16,17)18-14-4-7-5-1-2-6(3-5)8(7)9(14)15/h1-2,5-8H,3-4H2. The van der Waals surface area contributed by atoms with E-state index in [0.29, 0.717) is 5.06 Å². The zero-order valence-corrected chi connectivity index (χ0v) is 10.3. The van der Waals surface area contributed by atoms with E-state index in [4.69, 9.17) is 0 Å². The van der Waals surface area contributed by atoms with Gasteiger partial charge in [0.25, 0.3) is 5.91 Å². The molecule has 2 bridgehead atoms. The van der Waals surface area contributed by atoms with Crippen LogP contribution in [0.15, 0.2) is 12.2 Å². The summed E-state index contributed by atoms with van der Waals surface area (Å²) < 4.78 is 62.3. The van der Waals surface area contributed by atoms with Gasteiger partial charge in [0.1, 0.15) is 0 Å². The fourth-order valence-electron chi connectivity index (χ4n) is 3.22. The average molecular weight is 297 g/mol. The summed E-state index contributed by atoms with van der Waals surface area (Å²) in [6.45, 7) is -0.107. The summed E-state index contributed by atoms with van der Waals surface area (Å²) in [5.41, 5.74) is -5.53. The van der Waals surface area contributed by atoms with Crippen LogP contribution in [-0.2, 0) is 19.2 Å². The molecule has 1 heterocycles. The van der Waals surface area contributed by atoms with Crippen molar-refractivity contribution in [3.8, 4) is 0 Å². The van der Waals surface area contributed by atoms with Gasteiger partial charge in [-0.15, -0.1) is 4.28 Å². The van der Waals surface area contributed by atoms with E-state index in [1.807, 2.05) is 12.2 Å². The third-order valence-electron chi connectivity index (χ3n) is 4.00. The molecule has 3 aliphatic rings. The molecule has 4 unspecified atom stereocenters. The topological polar surface area (TPSA) is 63.7 Å². The number of hydrogen-bond donors (Lipinski definition) is 0. The lowest BCUT2D eigenvalue weighted by Gasteiger charge is -2.18. The van der Waals surface area contributed by atoms with Gasteiger partial charge in [0.2, 0.25) is 0 Å². The zero-order valence-electron chi connectivity index (χ0n) is 9.50. The first-order valence-electron chi connectivity index (χ1n) is 5.71. The van der Waals surface area contributed by atoms with E-state index in [9.17, 15) is 26.4 Å². The molecule has 2 aliphatic carbocycles. The van der Waals surface area contributed by atoms with Crippen molar-refractivity contribution in [2.45, 2.75) is 11.9 Å². The Morgan fingerprint density at radius 1 is 1.26 bits per heavy atom. The number of rotatable bonds is 2. The van der Waals surface area contributed by atoms with Crippen LogP contribution in [0, 0.1) is 23.7 Å². The number of alkyl halides is 3. The lowest BCUT2D eigenvalue weighted by molar-refractivity contribution is -0.156. The summed E-state index contributed by atoms with van der Waals surface area (Å²) >= 11 is 0. The summed E-state index contributed by atoms with van der Waals surface area (Å²) in [6, 6.07) is 0. The maximum Gasteiger partial charge on any atom is 0.525 e. The number of fused-ring (bicyclic) bond motifs is 5. The predicted molar refractivity (Wildman–Crippen MR) is 55.5 cm³/mol. The molecule has 0 aromatic carbocycles. The lowest BCUT2D eigenvalue weighted by Crippen LogP contribution is -2.37. The second kappa shape index (κ2) is 3.72. The van der Waals surface area contributed by atoms with Crippen molar-refractivity contribution in [1.82, 2.24) is 5.06 Å². The molecule has 1 saturated heterocycles. The van der Waals surface area contributed by atoms with Crippen LogP contribution in [0.25, 0.3) is 0 Å². The molecule has 9 heteroatoms. The molecule has 4 atom stereocenters. The zero-order chi connectivity index (χ0) is 14.0. The number of hydroxylamine groups is 2. The summed E-state index contributed by atoms with van der Waals surface area (Å²) in [7, 11) is -5.77. The van der Waals surface area contributed by atoms with Crippen LogP contribution < -0.4 is 0 Å². The van der Waals surface area contributed by atoms with Gasteiger partial charge < -0.3 is 0 Å². The van der Waals surface area contributed by atoms with Gasteiger partial charge in [-0.3, -0.25) is 4.79 Å². The highest BCUT2D eigenvalue weighted by atomic mass is 32.2. The van der Waals surface area contributed by atoms with Crippen LogP contribution in [0.2, 0.25) is 0 Å². The number of carbonyl (C=O) groups is 1. The van der Waals surface area contributed by atoms with Gasteiger partial charge in [-0.05, 0) is 24.2 Å². The normalized spacial score (nSPS) is 37.2. The van der Waals surface area contributed by atoms with Gasteiger partial charge in [-0.1, -0.05) is 12.2 Å². The Balaban J connectivity index is 1.78. The molecule has 2 fully saturated rings. The minimum absolute atomic E-state index is 0.00955. The van der Waals surface area contributed by atoms with E-state index >= 15 is 0 Å². The van der Waals surface area contributed by atoms with Crippen molar-refractivity contribution in [1.29, 1.82) is 0 Å². The second-order valence-corrected chi connectivity index (χ2v) is 6.53. The van der Waals surface area contributed by atoms with E-state index in [1.165, 1.54) is 0 Å². The number of nitrogens with zero attached hydrogens (tertiary/aromatic N) is 1. The van der Waals surface area contributed by atoms with E-state index in [0.717, 1.165) is 6.42 Å². The summed E-state index contributed by atoms with van der Waals surface area (Å²) in [4.78, 5) is 11.9. The van der Waals surface area contributed by atoms with Crippen molar-refractivity contribution in [3.63, 3.8) is 0 Å². The minimum atomic E-state index is -5.77. The van der Waals surface area contributed by atoms with Crippen LogP contribution in [0.5, 0.6) is 0 Å². The maximum absolute atomic E-state index is 12.2. The Bertz CT molecular complexity index is 556. The molecule has 1 saturated carbocycles. The first kappa shape index (κ1) is 12.9. The molecule has 0 spiro atoms. The fourth-order valence-corrected chi connectivity index (χ4v) is 3.67. The number of halogens is 3. The van der Waals surface area contributed by atoms with Crippen LogP contribution in [0.1, 0.15) is 6.42 Å². The van der Waals surface area contributed by atoms with Gasteiger partial charge in [0.15, 0.2) is 0 Å². The Morgan fingerprint density at radius 2 is 1.89 bits per heavy atom. The highest BCUT2D eigenvalue weighted by molar-refractivity contribution is 7.87. The van der Waals surface area contributed by atoms with Gasteiger partial charge in [0.05, 0.1) is 12.5 Å². The van der Waals surface area contributed by atoms with Crippen molar-refractivity contribution in [2.24, 2.45) is 23.7 Å². The van der Waals surface area contributed by atoms with E-state index < -0.39 is 27.5 Å². The van der Waals surface area contributed by atoms with Gasteiger partial charge in [-0.25, -0.2) is 5.06 Å². The number of allylic oxidation sites excluding steroid dienone is 2. The lowest BCUT2D eigenvalue weighted by atomic mass is 9.86. The molecule has 5 nitrogen and oxygen atoms in total. The number of amides is 1. The summed E-state index contributed by atoms with van der Waals surface area (Å²) in [5.74, 6) is -1.15. The molecule has 1 amide bonds. The molecule has 106 valence electrons. The Labute approximate surface area is 107 Å². The number of carbonyl (C=O) groups excluding carboxylic acids is 1. The molecule has 0 radical (unpaired) electrons. The average Bonchev–Trinajstić information content (AvgIpc) is 2.91. The Hall–Kier alpha value is -1.09. The van der Waals surface area contributed by atoms with Crippen LogP contribution in [0.3, 0.4) is 0 Å². The van der Waals surface area contributed by atoms with Crippen LogP contribution in [-0.4, -0.2) is 31.4 Å². The second-order valence-electron chi connectivity index (χ2n) is 5.01. The van der Waals surface area contributed by atoms with E-state index in [1.54, 1.807) is 0 Å². The minimum Gasteiger partial charge on any atom is -0.272 e. The van der Waals surface area contributed by atoms with Crippen molar-refractivity contribution < 1.29 is 30.7 Å². The first-order valence-corrected chi connectivity index (χ1v) is 7.12. The number of hydrogen-bond acceptors (Lipinski definition) is 4. The molecule has 0 aromatic rings. The molecule has 1 aliphatic heterocycles. The third kappa shape index (κ3) is 1.78. The van der Waals surface area contributed by atoms with E-state index in [2.05, 4.69) is 4.28 Å². The maximum atomic E-state index is 12.2. The third-order valence-corrected chi connectivity index (χ3v) is 4.94. The smallest absolute Gasteiger partial charge is 0.272 e. The van der Waals surface area contributed by atoms with Gasteiger partial charge >= 0.3 is 15.6 Å². The molecular weight excluding hydrogens is 287 g/mol. The fraction of sp³-hybridized carbons (Fsp3) is 0.700. The van der Waals surface area contributed by atoms with Crippen LogP contribution in [0.4, 0.5) is 13.2 Å². The SMILES string of the molecule is O=C1C2C3C=CC(C3)C2CN1OS(=O)(=O)C(F)(F)F. The van der Waals surface area contributed by atoms with Crippen LogP contribution >= 0.6 is 0 Å². The monoisotopic (exact) mass is 297 g/mol. The highest BCUT2D eigenvalue weighted by Crippen LogP contribution is 2.52. The Kier molecular flexibility index (Phi) is 2.53. The summed E-state index contributed by atoms with van der Waals surface area (Å²) in [5, 5.41) is 0.352. The van der Waals surface area contributed by atoms with Crippen molar-refractivity contribution in [3.05, 3.63) is 12.2 Å². The quantitative estimate of drug-likeness (QED) is 0.564. The predicted octanol–water partition coefficient (Wildman–Crippen LogP) is 1.05. The first-order chi connectivity index (χ1) is 8.71. The molecule has 0 N–H and O–H groups in total. The molecule has 3 rings (SSSR count). The highest BCUT2D eigenvalue weighted by Gasteiger charge is 2.57. The molecule has 19 heavy (non-hydrogen) atoms. The van der Waals surface area contributed by atoms with E-state index in [-0.39, 0.29) is 24.3 Å². The van der Waals surface area contributed by atoms with Crippen molar-refractivity contribution >= 4 is 16.0 Å². The molecular formula is C10H10F3NO4S. The van der Waals surface area contributed by atoms with Gasteiger partial charge in [-0.2, -0.15) is 21.6 Å².